The van der Waals surface area contributed by atoms with Crippen molar-refractivity contribution < 1.29 is 9.53 Å². The second kappa shape index (κ2) is 8.78. The van der Waals surface area contributed by atoms with Gasteiger partial charge in [0.05, 0.1) is 24.4 Å². The first-order valence-electron chi connectivity index (χ1n) is 5.81. The van der Waals surface area contributed by atoms with Crippen molar-refractivity contribution in [3.05, 3.63) is 24.3 Å². The van der Waals surface area contributed by atoms with Crippen LogP contribution in [0.25, 0.3) is 0 Å². The van der Waals surface area contributed by atoms with Gasteiger partial charge < -0.3 is 15.8 Å². The van der Waals surface area contributed by atoms with Gasteiger partial charge in [-0.1, -0.05) is 26.0 Å². The van der Waals surface area contributed by atoms with Crippen LogP contribution < -0.4 is 11.1 Å². The molecular weight excluding hydrogens is 252 g/mol. The van der Waals surface area contributed by atoms with Gasteiger partial charge in [0, 0.05) is 6.61 Å². The minimum atomic E-state index is -0.0772. The second-order valence-electron chi connectivity index (χ2n) is 4.35. The Kier molecular flexibility index (Phi) is 8.16. The first-order valence-corrected chi connectivity index (χ1v) is 5.81. The van der Waals surface area contributed by atoms with E-state index in [4.69, 9.17) is 10.5 Å². The summed E-state index contributed by atoms with van der Waals surface area (Å²) in [6.45, 7) is 5.27. The Labute approximate surface area is 114 Å². The van der Waals surface area contributed by atoms with Crippen LogP contribution >= 0.6 is 12.4 Å². The van der Waals surface area contributed by atoms with Crippen LogP contribution in [0.2, 0.25) is 0 Å². The third-order valence-corrected chi connectivity index (χ3v) is 2.16. The SMILES string of the molecule is CC(C)COCCC(=O)Nc1ccccc1N.Cl. The summed E-state index contributed by atoms with van der Waals surface area (Å²) in [4.78, 5) is 11.6. The molecule has 0 unspecified atom stereocenters. The number of carbonyl (C=O) groups is 1. The Morgan fingerprint density at radius 1 is 1.39 bits per heavy atom. The Bertz CT molecular complexity index is 370. The number of benzene rings is 1. The first kappa shape index (κ1) is 16.7. The molecule has 0 fully saturated rings. The van der Waals surface area contributed by atoms with Crippen molar-refractivity contribution in [1.82, 2.24) is 0 Å². The van der Waals surface area contributed by atoms with Crippen molar-refractivity contribution in [1.29, 1.82) is 0 Å². The molecule has 0 bridgehead atoms. The molecule has 0 spiro atoms. The lowest BCUT2D eigenvalue weighted by Gasteiger charge is -2.09. The van der Waals surface area contributed by atoms with E-state index < -0.39 is 0 Å². The van der Waals surface area contributed by atoms with Crippen LogP contribution in [0.4, 0.5) is 11.4 Å². The molecule has 1 rings (SSSR count). The number of rotatable bonds is 6. The van der Waals surface area contributed by atoms with Crippen LogP contribution in [0.1, 0.15) is 20.3 Å². The van der Waals surface area contributed by atoms with Crippen molar-refractivity contribution >= 4 is 29.7 Å². The Balaban J connectivity index is 0.00000289. The average molecular weight is 273 g/mol. The van der Waals surface area contributed by atoms with Crippen LogP contribution in [0.15, 0.2) is 24.3 Å². The zero-order valence-electron chi connectivity index (χ0n) is 10.8. The molecule has 0 aliphatic heterocycles. The number of nitrogens with one attached hydrogen (secondary N) is 1. The van der Waals surface area contributed by atoms with Gasteiger partial charge in [0.2, 0.25) is 5.91 Å². The van der Waals surface area contributed by atoms with E-state index >= 15 is 0 Å². The van der Waals surface area contributed by atoms with Crippen LogP contribution in [-0.4, -0.2) is 19.1 Å². The topological polar surface area (TPSA) is 64.3 Å². The van der Waals surface area contributed by atoms with Gasteiger partial charge in [0.15, 0.2) is 0 Å². The summed E-state index contributed by atoms with van der Waals surface area (Å²) >= 11 is 0. The molecule has 3 N–H and O–H groups in total. The molecule has 0 aromatic heterocycles. The zero-order valence-corrected chi connectivity index (χ0v) is 11.6. The third kappa shape index (κ3) is 6.47. The van der Waals surface area contributed by atoms with Gasteiger partial charge in [-0.3, -0.25) is 4.79 Å². The van der Waals surface area contributed by atoms with E-state index in [1.54, 1.807) is 12.1 Å². The highest BCUT2D eigenvalue weighted by atomic mass is 35.5. The maximum absolute atomic E-state index is 11.6. The molecule has 1 amide bonds. The second-order valence-corrected chi connectivity index (χ2v) is 4.35. The molecule has 102 valence electrons. The van der Waals surface area contributed by atoms with E-state index in [1.807, 2.05) is 12.1 Å². The molecule has 0 aliphatic carbocycles. The normalized spacial score (nSPS) is 9.94. The lowest BCUT2D eigenvalue weighted by atomic mass is 10.2. The molecule has 5 heteroatoms. The number of carbonyl (C=O) groups excluding carboxylic acids is 1. The van der Waals surface area contributed by atoms with Gasteiger partial charge in [-0.2, -0.15) is 0 Å². The Morgan fingerprint density at radius 2 is 2.06 bits per heavy atom. The molecule has 1 aromatic carbocycles. The largest absolute Gasteiger partial charge is 0.397 e. The van der Waals surface area contributed by atoms with Crippen LogP contribution in [0.3, 0.4) is 0 Å². The highest BCUT2D eigenvalue weighted by molar-refractivity contribution is 5.93. The van der Waals surface area contributed by atoms with Gasteiger partial charge in [0.25, 0.3) is 0 Å². The van der Waals surface area contributed by atoms with Crippen molar-refractivity contribution in [2.24, 2.45) is 5.92 Å². The molecule has 1 aromatic rings. The average Bonchev–Trinajstić information content (AvgIpc) is 2.27. The minimum absolute atomic E-state index is 0. The maximum atomic E-state index is 11.6. The fraction of sp³-hybridized carbons (Fsp3) is 0.462. The van der Waals surface area contributed by atoms with E-state index in [2.05, 4.69) is 19.2 Å². The maximum Gasteiger partial charge on any atom is 0.226 e. The number of hydrogen-bond donors (Lipinski definition) is 2. The van der Waals surface area contributed by atoms with E-state index in [0.717, 1.165) is 0 Å². The lowest BCUT2D eigenvalue weighted by Crippen LogP contribution is -2.16. The van der Waals surface area contributed by atoms with Crippen molar-refractivity contribution in [2.45, 2.75) is 20.3 Å². The fourth-order valence-electron chi connectivity index (χ4n) is 1.31. The summed E-state index contributed by atoms with van der Waals surface area (Å²) in [5.41, 5.74) is 6.94. The molecule has 0 saturated heterocycles. The number of amides is 1. The van der Waals surface area contributed by atoms with Gasteiger partial charge in [-0.05, 0) is 18.1 Å². The van der Waals surface area contributed by atoms with Gasteiger partial charge in [-0.25, -0.2) is 0 Å². The Morgan fingerprint density at radius 3 is 2.67 bits per heavy atom. The van der Waals surface area contributed by atoms with Crippen molar-refractivity contribution in [3.8, 4) is 0 Å². The molecule has 0 saturated carbocycles. The van der Waals surface area contributed by atoms with Crippen molar-refractivity contribution in [3.63, 3.8) is 0 Å². The number of hydrogen-bond acceptors (Lipinski definition) is 3. The van der Waals surface area contributed by atoms with Crippen LogP contribution in [0.5, 0.6) is 0 Å². The summed E-state index contributed by atoms with van der Waals surface area (Å²) in [6, 6.07) is 7.20. The highest BCUT2D eigenvalue weighted by Gasteiger charge is 2.04. The number of ether oxygens (including phenoxy) is 1. The quantitative estimate of drug-likeness (QED) is 0.618. The summed E-state index contributed by atoms with van der Waals surface area (Å²) in [6.07, 6.45) is 0.348. The van der Waals surface area contributed by atoms with Crippen LogP contribution in [0, 0.1) is 5.92 Å². The predicted molar refractivity (Wildman–Crippen MR) is 77.0 cm³/mol. The molecule has 4 nitrogen and oxygen atoms in total. The molecule has 18 heavy (non-hydrogen) atoms. The van der Waals surface area contributed by atoms with E-state index in [-0.39, 0.29) is 18.3 Å². The summed E-state index contributed by atoms with van der Waals surface area (Å²) in [5.74, 6) is 0.412. The van der Waals surface area contributed by atoms with Gasteiger partial charge in [0.1, 0.15) is 0 Å². The highest BCUT2D eigenvalue weighted by Crippen LogP contribution is 2.16. The van der Waals surface area contributed by atoms with E-state index in [1.165, 1.54) is 0 Å². The summed E-state index contributed by atoms with van der Waals surface area (Å²) in [7, 11) is 0. The predicted octanol–water partition coefficient (Wildman–Crippen LogP) is 2.69. The smallest absolute Gasteiger partial charge is 0.226 e. The number of anilines is 2. The fourth-order valence-corrected chi connectivity index (χ4v) is 1.31. The molecule has 0 aliphatic rings. The molecule has 0 atom stereocenters. The van der Waals surface area contributed by atoms with Gasteiger partial charge in [-0.15, -0.1) is 12.4 Å². The van der Waals surface area contributed by atoms with Gasteiger partial charge >= 0.3 is 0 Å². The Hall–Kier alpha value is -1.26. The minimum Gasteiger partial charge on any atom is -0.397 e. The number of para-hydroxylation sites is 2. The monoisotopic (exact) mass is 272 g/mol. The lowest BCUT2D eigenvalue weighted by molar-refractivity contribution is -0.117. The number of nitrogens with two attached hydrogens (primary N) is 1. The van der Waals surface area contributed by atoms with Crippen molar-refractivity contribution in [2.75, 3.05) is 24.3 Å². The summed E-state index contributed by atoms with van der Waals surface area (Å²) < 4.78 is 5.34. The molecule has 0 radical (unpaired) electrons. The zero-order chi connectivity index (χ0) is 12.7. The molecule has 0 heterocycles. The summed E-state index contributed by atoms with van der Waals surface area (Å²) in [5, 5.41) is 2.75. The number of halogens is 1. The van der Waals surface area contributed by atoms with E-state index in [9.17, 15) is 4.79 Å². The first-order chi connectivity index (χ1) is 8.09. The van der Waals surface area contributed by atoms with E-state index in [0.29, 0.717) is 36.9 Å². The van der Waals surface area contributed by atoms with Crippen LogP contribution in [-0.2, 0) is 9.53 Å². The molecular formula is C13H21ClN2O2. The standard InChI is InChI=1S/C13H20N2O2.ClH/c1-10(2)9-17-8-7-13(16)15-12-6-4-3-5-11(12)14;/h3-6,10H,7-9,14H2,1-2H3,(H,15,16);1H. The number of nitrogen functional groups attached to an aromatic ring is 1. The third-order valence-electron chi connectivity index (χ3n) is 2.16.